The molecule has 0 bridgehead atoms. The quantitative estimate of drug-likeness (QED) is 0.443. The molecule has 1 aromatic rings. The maximum absolute atomic E-state index is 11.1. The second kappa shape index (κ2) is 8.51. The average molecular weight is 383 g/mol. The Hall–Kier alpha value is 0.351. The molecule has 0 N–H and O–H groups in total. The molecule has 2 unspecified atom stereocenters. The number of benzene rings is 1. The van der Waals surface area contributed by atoms with Crippen LogP contribution >= 0.6 is 11.8 Å². The molecule has 2 rings (SSSR count). The van der Waals surface area contributed by atoms with E-state index in [0.29, 0.717) is 0 Å². The van der Waals surface area contributed by atoms with Crippen LogP contribution < -0.4 is 0 Å². The second-order valence-electron chi connectivity index (χ2n) is 3.92. The Labute approximate surface area is 153 Å². The van der Waals surface area contributed by atoms with Crippen LogP contribution in [0.3, 0.4) is 0 Å². The Morgan fingerprint density at radius 3 is 2.83 bits per heavy atom. The number of carbonyl (C=O) groups excluding carboxylic acids is 1. The van der Waals surface area contributed by atoms with Crippen LogP contribution in [-0.4, -0.2) is 72.0 Å². The van der Waals surface area contributed by atoms with Gasteiger partial charge in [-0.25, -0.2) is 0 Å². The number of amides is 1. The van der Waals surface area contributed by atoms with E-state index in [1.807, 2.05) is 24.3 Å². The zero-order chi connectivity index (χ0) is 12.1. The monoisotopic (exact) mass is 383 g/mol. The number of rotatable bonds is 5. The minimum atomic E-state index is 0. The third-order valence-corrected chi connectivity index (χ3v) is 4.15. The minimum Gasteiger partial charge on any atom is -0.524 e. The number of thioether (sulfide) groups is 1. The average Bonchev–Trinajstić information content (AvgIpc) is 2.80. The summed E-state index contributed by atoms with van der Waals surface area (Å²) < 4.78 is 0. The fraction of sp³-hybridized carbons (Fsp3) is 0.286. The number of allylic oxidation sites excluding steroid dienone is 1. The number of nitrogens with zero attached hydrogens (tertiary/aromatic N) is 1. The molecule has 1 aromatic carbocycles. The first-order valence-corrected chi connectivity index (χ1v) is 6.68. The third-order valence-electron chi connectivity index (χ3n) is 2.80. The smallest absolute Gasteiger partial charge is 0.524 e. The predicted octanol–water partition coefficient (Wildman–Crippen LogP) is 2.57. The second-order valence-corrected chi connectivity index (χ2v) is 5.04. The molecule has 0 saturated carbocycles. The molecule has 1 saturated heterocycles. The maximum Gasteiger partial charge on any atom is 2.00 e. The standard InChI is InChI=1S/C14H15NOS.Ba/c1-2-3-9-13-10-17-14(15(13)11-16)12-7-5-4-6-8-12;/h2,4-9,13-14H,1,3,10H2;/q-2;+2. The van der Waals surface area contributed by atoms with Gasteiger partial charge in [0.25, 0.3) is 0 Å². The van der Waals surface area contributed by atoms with Crippen molar-refractivity contribution in [2.45, 2.75) is 17.8 Å². The molecule has 1 heterocycles. The van der Waals surface area contributed by atoms with E-state index in [1.165, 1.54) is 0 Å². The largest absolute Gasteiger partial charge is 2.00 e. The van der Waals surface area contributed by atoms with Crippen LogP contribution in [0.5, 0.6) is 0 Å². The summed E-state index contributed by atoms with van der Waals surface area (Å²) in [6.07, 6.45) is 6.86. The minimum absolute atomic E-state index is 0. The molecule has 1 aliphatic heterocycles. The van der Waals surface area contributed by atoms with Gasteiger partial charge < -0.3 is 16.1 Å². The van der Waals surface area contributed by atoms with Crippen molar-refractivity contribution in [1.82, 2.24) is 4.90 Å². The number of hydrogen-bond acceptors (Lipinski definition) is 2. The molecule has 1 amide bonds. The molecule has 1 fully saturated rings. The summed E-state index contributed by atoms with van der Waals surface area (Å²) in [4.78, 5) is 12.9. The van der Waals surface area contributed by atoms with Gasteiger partial charge in [-0.3, -0.25) is 0 Å². The van der Waals surface area contributed by atoms with Crippen molar-refractivity contribution in [3.63, 3.8) is 0 Å². The van der Waals surface area contributed by atoms with Gasteiger partial charge in [-0.05, 0) is 11.3 Å². The van der Waals surface area contributed by atoms with Gasteiger partial charge in [-0.2, -0.15) is 12.8 Å². The SMILES string of the molecule is C=CC[CH-]C1CSC(c2ccccc2)N1[C-]=O.[Ba+2]. The van der Waals surface area contributed by atoms with E-state index in [2.05, 4.69) is 31.5 Å². The molecule has 0 spiro atoms. The van der Waals surface area contributed by atoms with Gasteiger partial charge in [0.1, 0.15) is 0 Å². The summed E-state index contributed by atoms with van der Waals surface area (Å²) in [6, 6.07) is 10.3. The molecule has 18 heavy (non-hydrogen) atoms. The van der Waals surface area contributed by atoms with Crippen LogP contribution in [-0.2, 0) is 4.79 Å². The normalized spacial score (nSPS) is 22.3. The Balaban J connectivity index is 0.00000162. The molecular formula is C14H15BaNOS. The summed E-state index contributed by atoms with van der Waals surface area (Å²) in [7, 11) is 0. The maximum atomic E-state index is 11.1. The van der Waals surface area contributed by atoms with Crippen molar-refractivity contribution in [3.05, 3.63) is 55.0 Å². The fourth-order valence-corrected chi connectivity index (χ4v) is 3.33. The van der Waals surface area contributed by atoms with E-state index in [0.717, 1.165) is 17.7 Å². The Bertz CT molecular complexity index is 385. The third kappa shape index (κ3) is 3.92. The Kier molecular flexibility index (Phi) is 7.75. The molecule has 1 aliphatic rings. The van der Waals surface area contributed by atoms with Gasteiger partial charge in [0.05, 0.1) is 5.37 Å². The van der Waals surface area contributed by atoms with E-state index in [4.69, 9.17) is 0 Å². The van der Waals surface area contributed by atoms with Gasteiger partial charge in [-0.1, -0.05) is 30.3 Å². The van der Waals surface area contributed by atoms with Gasteiger partial charge in [-0.15, -0.1) is 30.5 Å². The summed E-state index contributed by atoms with van der Waals surface area (Å²) >= 11 is 1.78. The zero-order valence-electron chi connectivity index (χ0n) is 10.3. The molecule has 0 radical (unpaired) electrons. The molecule has 0 aromatic heterocycles. The predicted molar refractivity (Wildman–Crippen MR) is 77.8 cm³/mol. The molecule has 0 aliphatic carbocycles. The molecule has 2 nitrogen and oxygen atoms in total. The summed E-state index contributed by atoms with van der Waals surface area (Å²) in [6.45, 7) is 3.69. The van der Waals surface area contributed by atoms with E-state index in [-0.39, 0.29) is 60.3 Å². The van der Waals surface area contributed by atoms with Crippen LogP contribution in [0.1, 0.15) is 17.4 Å². The van der Waals surface area contributed by atoms with Crippen LogP contribution in [0.25, 0.3) is 0 Å². The molecular weight excluding hydrogens is 368 g/mol. The molecule has 2 atom stereocenters. The van der Waals surface area contributed by atoms with Crippen molar-refractivity contribution in [1.29, 1.82) is 0 Å². The van der Waals surface area contributed by atoms with Crippen molar-refractivity contribution in [2.24, 2.45) is 0 Å². The fourth-order valence-electron chi connectivity index (χ4n) is 1.95. The number of hydrogen-bond donors (Lipinski definition) is 0. The van der Waals surface area contributed by atoms with E-state index >= 15 is 0 Å². The van der Waals surface area contributed by atoms with Crippen LogP contribution in [0.15, 0.2) is 43.0 Å². The zero-order valence-corrected chi connectivity index (χ0v) is 15.5. The van der Waals surface area contributed by atoms with E-state index in [9.17, 15) is 4.79 Å². The molecule has 90 valence electrons. The van der Waals surface area contributed by atoms with Crippen LogP contribution in [0.4, 0.5) is 0 Å². The van der Waals surface area contributed by atoms with Crippen molar-refractivity contribution in [3.8, 4) is 0 Å². The van der Waals surface area contributed by atoms with Crippen molar-refractivity contribution in [2.75, 3.05) is 5.75 Å². The summed E-state index contributed by atoms with van der Waals surface area (Å²) in [5, 5.41) is 0.0970. The topological polar surface area (TPSA) is 20.3 Å². The van der Waals surface area contributed by atoms with Gasteiger partial charge in [0, 0.05) is 0 Å². The first kappa shape index (κ1) is 16.4. The van der Waals surface area contributed by atoms with Crippen LogP contribution in [0, 0.1) is 6.42 Å². The van der Waals surface area contributed by atoms with Crippen LogP contribution in [0.2, 0.25) is 0 Å². The first-order chi connectivity index (χ1) is 8.36. The van der Waals surface area contributed by atoms with E-state index in [1.54, 1.807) is 16.7 Å². The summed E-state index contributed by atoms with van der Waals surface area (Å²) in [5.41, 5.74) is 1.16. The van der Waals surface area contributed by atoms with Gasteiger partial charge in [0.2, 0.25) is 0 Å². The summed E-state index contributed by atoms with van der Waals surface area (Å²) in [5.74, 6) is 0.933. The van der Waals surface area contributed by atoms with Crippen molar-refractivity contribution < 1.29 is 4.79 Å². The Morgan fingerprint density at radius 1 is 1.50 bits per heavy atom. The van der Waals surface area contributed by atoms with Gasteiger partial charge in [0.15, 0.2) is 0 Å². The molecule has 4 heteroatoms. The Morgan fingerprint density at radius 2 is 2.22 bits per heavy atom. The van der Waals surface area contributed by atoms with Crippen molar-refractivity contribution >= 4 is 67.1 Å². The van der Waals surface area contributed by atoms with E-state index < -0.39 is 0 Å². The van der Waals surface area contributed by atoms with Gasteiger partial charge >= 0.3 is 48.9 Å². The first-order valence-electron chi connectivity index (χ1n) is 5.63.